The molecular formula is C18H16N4. The van der Waals surface area contributed by atoms with Gasteiger partial charge in [-0.15, -0.1) is 0 Å². The van der Waals surface area contributed by atoms with Crippen molar-refractivity contribution in [3.8, 4) is 0 Å². The van der Waals surface area contributed by atoms with Crippen molar-refractivity contribution in [3.63, 3.8) is 0 Å². The molecule has 22 heavy (non-hydrogen) atoms. The molecule has 0 unspecified atom stereocenters. The molecule has 108 valence electrons. The van der Waals surface area contributed by atoms with Gasteiger partial charge in [-0.3, -0.25) is 4.98 Å². The Morgan fingerprint density at radius 2 is 1.50 bits per heavy atom. The third-order valence-corrected chi connectivity index (χ3v) is 3.13. The number of para-hydroxylation sites is 1. The lowest BCUT2D eigenvalue weighted by Crippen LogP contribution is -2.09. The van der Waals surface area contributed by atoms with Gasteiger partial charge in [-0.05, 0) is 48.5 Å². The van der Waals surface area contributed by atoms with Gasteiger partial charge in [-0.2, -0.15) is 5.10 Å². The fourth-order valence-corrected chi connectivity index (χ4v) is 2.04. The smallest absolute Gasteiger partial charge is 0.0830 e. The van der Waals surface area contributed by atoms with Gasteiger partial charge in [0.05, 0.1) is 23.3 Å². The van der Waals surface area contributed by atoms with Gasteiger partial charge in [-0.1, -0.05) is 24.3 Å². The molecule has 0 atom stereocenters. The maximum absolute atomic E-state index is 5.76. The van der Waals surface area contributed by atoms with E-state index in [0.29, 0.717) is 0 Å². The predicted octanol–water partition coefficient (Wildman–Crippen LogP) is 3.84. The summed E-state index contributed by atoms with van der Waals surface area (Å²) < 4.78 is 0. The highest BCUT2D eigenvalue weighted by atomic mass is 15.5. The number of hydrazone groups is 1. The van der Waals surface area contributed by atoms with Crippen molar-refractivity contribution >= 4 is 23.3 Å². The topological polar surface area (TPSA) is 54.5 Å². The van der Waals surface area contributed by atoms with E-state index in [4.69, 9.17) is 5.73 Å². The molecule has 0 saturated carbocycles. The molecule has 1 heterocycles. The Balaban J connectivity index is 1.96. The lowest BCUT2D eigenvalue weighted by Gasteiger charge is -2.19. The lowest BCUT2D eigenvalue weighted by atomic mass is 10.2. The zero-order chi connectivity index (χ0) is 15.2. The second-order valence-electron chi connectivity index (χ2n) is 4.74. The van der Waals surface area contributed by atoms with Crippen LogP contribution in [0, 0.1) is 0 Å². The van der Waals surface area contributed by atoms with Crippen LogP contribution in [-0.2, 0) is 0 Å². The van der Waals surface area contributed by atoms with Crippen molar-refractivity contribution in [1.29, 1.82) is 0 Å². The number of benzene rings is 2. The third kappa shape index (κ3) is 3.30. The van der Waals surface area contributed by atoms with Crippen LogP contribution in [0.5, 0.6) is 0 Å². The van der Waals surface area contributed by atoms with Gasteiger partial charge in [0, 0.05) is 11.9 Å². The number of nitrogens with two attached hydrogens (primary N) is 1. The molecular weight excluding hydrogens is 272 g/mol. The van der Waals surface area contributed by atoms with Crippen molar-refractivity contribution in [1.82, 2.24) is 4.98 Å². The summed E-state index contributed by atoms with van der Waals surface area (Å²) in [7, 11) is 0. The van der Waals surface area contributed by atoms with E-state index in [1.54, 1.807) is 12.4 Å². The van der Waals surface area contributed by atoms with Gasteiger partial charge in [0.15, 0.2) is 0 Å². The van der Waals surface area contributed by atoms with E-state index < -0.39 is 0 Å². The van der Waals surface area contributed by atoms with Crippen LogP contribution in [0.15, 0.2) is 84.1 Å². The number of pyridine rings is 1. The maximum Gasteiger partial charge on any atom is 0.0830 e. The van der Waals surface area contributed by atoms with Crippen molar-refractivity contribution in [2.75, 3.05) is 10.7 Å². The van der Waals surface area contributed by atoms with E-state index in [1.807, 2.05) is 77.8 Å². The van der Waals surface area contributed by atoms with Crippen LogP contribution < -0.4 is 10.7 Å². The Labute approximate surface area is 129 Å². The highest BCUT2D eigenvalue weighted by Gasteiger charge is 2.07. The number of rotatable bonds is 4. The predicted molar refractivity (Wildman–Crippen MR) is 91.3 cm³/mol. The Morgan fingerprint density at radius 3 is 2.18 bits per heavy atom. The molecule has 2 N–H and O–H groups in total. The molecule has 0 amide bonds. The summed E-state index contributed by atoms with van der Waals surface area (Å²) in [5, 5.41) is 6.42. The second-order valence-corrected chi connectivity index (χ2v) is 4.74. The summed E-state index contributed by atoms with van der Waals surface area (Å²) in [5.74, 6) is 0. The number of aromatic nitrogens is 1. The van der Waals surface area contributed by atoms with Gasteiger partial charge in [0.2, 0.25) is 0 Å². The number of hydrogen-bond acceptors (Lipinski definition) is 4. The average Bonchev–Trinajstić information content (AvgIpc) is 2.58. The normalized spacial score (nSPS) is 10.7. The molecule has 0 spiro atoms. The Bertz CT molecular complexity index is 737. The van der Waals surface area contributed by atoms with Gasteiger partial charge < -0.3 is 5.73 Å². The molecule has 4 heteroatoms. The van der Waals surface area contributed by atoms with Gasteiger partial charge in [0.25, 0.3) is 0 Å². The van der Waals surface area contributed by atoms with Crippen LogP contribution in [0.4, 0.5) is 17.1 Å². The van der Waals surface area contributed by atoms with Crippen LogP contribution >= 0.6 is 0 Å². The van der Waals surface area contributed by atoms with Crippen molar-refractivity contribution < 1.29 is 0 Å². The highest BCUT2D eigenvalue weighted by molar-refractivity contribution is 5.79. The van der Waals surface area contributed by atoms with Gasteiger partial charge >= 0.3 is 0 Å². The van der Waals surface area contributed by atoms with E-state index in [9.17, 15) is 0 Å². The highest BCUT2D eigenvalue weighted by Crippen LogP contribution is 2.26. The molecule has 0 aliphatic carbocycles. The van der Waals surface area contributed by atoms with Gasteiger partial charge in [-0.25, -0.2) is 5.01 Å². The number of nitrogens with zero attached hydrogens (tertiary/aromatic N) is 3. The van der Waals surface area contributed by atoms with Crippen molar-refractivity contribution in [3.05, 3.63) is 84.7 Å². The van der Waals surface area contributed by atoms with Crippen LogP contribution in [0.3, 0.4) is 0 Å². The van der Waals surface area contributed by atoms with Crippen LogP contribution in [0.25, 0.3) is 0 Å². The first-order chi connectivity index (χ1) is 10.8. The van der Waals surface area contributed by atoms with Crippen molar-refractivity contribution in [2.45, 2.75) is 0 Å². The largest absolute Gasteiger partial charge is 0.399 e. The van der Waals surface area contributed by atoms with Crippen LogP contribution in [0.1, 0.15) is 5.69 Å². The summed E-state index contributed by atoms with van der Waals surface area (Å²) >= 11 is 0. The first-order valence-corrected chi connectivity index (χ1v) is 6.99. The number of nitrogen functional groups attached to an aromatic ring is 1. The molecule has 0 saturated heterocycles. The standard InChI is InChI=1S/C18H16N4/c19-15-9-11-18(12-10-15)22(17-7-2-1-3-8-17)21-14-16-6-4-5-13-20-16/h1-14H,19H2/b21-14+. The monoisotopic (exact) mass is 288 g/mol. The summed E-state index contributed by atoms with van der Waals surface area (Å²) in [4.78, 5) is 4.26. The minimum absolute atomic E-state index is 0.727. The minimum atomic E-state index is 0.727. The molecule has 1 aromatic heterocycles. The molecule has 0 bridgehead atoms. The SMILES string of the molecule is Nc1ccc(N(/N=C/c2ccccn2)c2ccccc2)cc1. The first kappa shape index (κ1) is 13.8. The fraction of sp³-hybridized carbons (Fsp3) is 0. The summed E-state index contributed by atoms with van der Waals surface area (Å²) in [5.41, 5.74) is 9.20. The molecule has 4 nitrogen and oxygen atoms in total. The number of hydrogen-bond donors (Lipinski definition) is 1. The molecule has 0 aliphatic heterocycles. The third-order valence-electron chi connectivity index (χ3n) is 3.13. The summed E-state index contributed by atoms with van der Waals surface area (Å²) in [6, 6.07) is 23.3. The van der Waals surface area contributed by atoms with E-state index in [0.717, 1.165) is 22.8 Å². The average molecular weight is 288 g/mol. The molecule has 3 rings (SSSR count). The summed E-state index contributed by atoms with van der Waals surface area (Å²) in [6.45, 7) is 0. The maximum atomic E-state index is 5.76. The zero-order valence-electron chi connectivity index (χ0n) is 12.0. The summed E-state index contributed by atoms with van der Waals surface area (Å²) in [6.07, 6.45) is 3.49. The lowest BCUT2D eigenvalue weighted by molar-refractivity contribution is 1.09. The van der Waals surface area contributed by atoms with Crippen LogP contribution in [0.2, 0.25) is 0 Å². The van der Waals surface area contributed by atoms with Crippen molar-refractivity contribution in [2.24, 2.45) is 5.10 Å². The number of anilines is 3. The van der Waals surface area contributed by atoms with Crippen LogP contribution in [-0.4, -0.2) is 11.2 Å². The second kappa shape index (κ2) is 6.54. The molecule has 0 fully saturated rings. The molecule has 0 aliphatic rings. The van der Waals surface area contributed by atoms with E-state index >= 15 is 0 Å². The fourth-order valence-electron chi connectivity index (χ4n) is 2.04. The molecule has 2 aromatic carbocycles. The molecule has 0 radical (unpaired) electrons. The Kier molecular flexibility index (Phi) is 4.11. The quantitative estimate of drug-likeness (QED) is 0.451. The van der Waals surface area contributed by atoms with E-state index in [2.05, 4.69) is 10.1 Å². The Hall–Kier alpha value is -3.14. The minimum Gasteiger partial charge on any atom is -0.399 e. The Morgan fingerprint density at radius 1 is 0.818 bits per heavy atom. The first-order valence-electron chi connectivity index (χ1n) is 6.99. The van der Waals surface area contributed by atoms with Gasteiger partial charge in [0.1, 0.15) is 0 Å². The molecule has 3 aromatic rings. The zero-order valence-corrected chi connectivity index (χ0v) is 12.0. The van der Waals surface area contributed by atoms with E-state index in [-0.39, 0.29) is 0 Å². The van der Waals surface area contributed by atoms with E-state index in [1.165, 1.54) is 0 Å².